The second kappa shape index (κ2) is 5.47. The van der Waals surface area contributed by atoms with Crippen LogP contribution in [0.15, 0.2) is 48.5 Å². The molecule has 104 valence electrons. The SMILES string of the molecule is CN1CC(Cl)c2ccc(O)cc2C(c2ccccc2)C1. The number of fused-ring (bicyclic) bond motifs is 1. The van der Waals surface area contributed by atoms with Gasteiger partial charge in [0.25, 0.3) is 0 Å². The fourth-order valence-electron chi connectivity index (χ4n) is 2.98. The maximum absolute atomic E-state index is 9.84. The molecule has 1 aliphatic heterocycles. The minimum absolute atomic E-state index is 0.0377. The molecule has 1 N–H and O–H groups in total. The van der Waals surface area contributed by atoms with Gasteiger partial charge in [-0.3, -0.25) is 0 Å². The van der Waals surface area contributed by atoms with Crippen molar-refractivity contribution in [3.8, 4) is 5.75 Å². The molecule has 3 heteroatoms. The molecule has 0 bridgehead atoms. The molecule has 3 rings (SSSR count). The van der Waals surface area contributed by atoms with Crippen LogP contribution in [0.25, 0.3) is 0 Å². The minimum atomic E-state index is -0.0377. The maximum Gasteiger partial charge on any atom is 0.115 e. The van der Waals surface area contributed by atoms with Gasteiger partial charge in [-0.05, 0) is 35.9 Å². The number of hydrogen-bond acceptors (Lipinski definition) is 2. The first-order valence-corrected chi connectivity index (χ1v) is 7.29. The number of benzene rings is 2. The lowest BCUT2D eigenvalue weighted by atomic mass is 9.88. The van der Waals surface area contributed by atoms with Crippen molar-refractivity contribution in [2.75, 3.05) is 20.1 Å². The minimum Gasteiger partial charge on any atom is -0.508 e. The zero-order chi connectivity index (χ0) is 14.1. The molecule has 1 aliphatic rings. The first-order chi connectivity index (χ1) is 9.65. The highest BCUT2D eigenvalue weighted by Crippen LogP contribution is 2.38. The molecule has 2 aromatic rings. The number of likely N-dealkylation sites (N-methyl/N-ethyl adjacent to an activating group) is 1. The molecule has 0 spiro atoms. The predicted octanol–water partition coefficient (Wildman–Crippen LogP) is 3.75. The highest BCUT2D eigenvalue weighted by molar-refractivity contribution is 6.21. The van der Waals surface area contributed by atoms with Crippen molar-refractivity contribution in [1.29, 1.82) is 0 Å². The average molecular weight is 288 g/mol. The van der Waals surface area contributed by atoms with E-state index in [9.17, 15) is 5.11 Å². The van der Waals surface area contributed by atoms with Gasteiger partial charge in [-0.25, -0.2) is 0 Å². The van der Waals surface area contributed by atoms with E-state index in [1.165, 1.54) is 5.56 Å². The summed E-state index contributed by atoms with van der Waals surface area (Å²) in [6.45, 7) is 1.73. The third-order valence-electron chi connectivity index (χ3n) is 3.95. The maximum atomic E-state index is 9.84. The summed E-state index contributed by atoms with van der Waals surface area (Å²) in [7, 11) is 2.09. The van der Waals surface area contributed by atoms with Gasteiger partial charge in [0.1, 0.15) is 5.75 Å². The van der Waals surface area contributed by atoms with Crippen molar-refractivity contribution >= 4 is 11.6 Å². The summed E-state index contributed by atoms with van der Waals surface area (Å²) in [5.74, 6) is 0.546. The molecule has 0 amide bonds. The lowest BCUT2D eigenvalue weighted by Gasteiger charge is -2.22. The molecule has 0 aromatic heterocycles. The van der Waals surface area contributed by atoms with Crippen LogP contribution in [0.3, 0.4) is 0 Å². The Morgan fingerprint density at radius 3 is 2.55 bits per heavy atom. The fraction of sp³-hybridized carbons (Fsp3) is 0.294. The van der Waals surface area contributed by atoms with Crippen LogP contribution in [-0.4, -0.2) is 30.1 Å². The number of rotatable bonds is 1. The molecular weight excluding hydrogens is 270 g/mol. The van der Waals surface area contributed by atoms with Gasteiger partial charge in [-0.1, -0.05) is 36.4 Å². The molecule has 20 heavy (non-hydrogen) atoms. The summed E-state index contributed by atoms with van der Waals surface area (Å²) in [6.07, 6.45) is 0. The summed E-state index contributed by atoms with van der Waals surface area (Å²) in [5, 5.41) is 9.80. The van der Waals surface area contributed by atoms with Crippen molar-refractivity contribution in [3.05, 3.63) is 65.2 Å². The van der Waals surface area contributed by atoms with Crippen LogP contribution in [-0.2, 0) is 0 Å². The third kappa shape index (κ3) is 2.54. The highest BCUT2D eigenvalue weighted by atomic mass is 35.5. The Labute approximate surface area is 124 Å². The first-order valence-electron chi connectivity index (χ1n) is 6.85. The Morgan fingerprint density at radius 2 is 1.80 bits per heavy atom. The van der Waals surface area contributed by atoms with E-state index in [4.69, 9.17) is 11.6 Å². The second-order valence-electron chi connectivity index (χ2n) is 5.47. The van der Waals surface area contributed by atoms with Crippen LogP contribution in [0.5, 0.6) is 5.75 Å². The Morgan fingerprint density at radius 1 is 1.05 bits per heavy atom. The Kier molecular flexibility index (Phi) is 3.68. The van der Waals surface area contributed by atoms with Crippen molar-refractivity contribution < 1.29 is 5.11 Å². The topological polar surface area (TPSA) is 23.5 Å². The van der Waals surface area contributed by atoms with E-state index in [-0.39, 0.29) is 11.3 Å². The molecule has 2 unspecified atom stereocenters. The molecule has 0 radical (unpaired) electrons. The van der Waals surface area contributed by atoms with E-state index in [0.29, 0.717) is 5.75 Å². The average Bonchev–Trinajstić information content (AvgIpc) is 2.56. The number of nitrogens with zero attached hydrogens (tertiary/aromatic N) is 1. The number of alkyl halides is 1. The quantitative estimate of drug-likeness (QED) is 0.808. The predicted molar refractivity (Wildman–Crippen MR) is 82.5 cm³/mol. The van der Waals surface area contributed by atoms with E-state index in [1.54, 1.807) is 6.07 Å². The highest BCUT2D eigenvalue weighted by Gasteiger charge is 2.27. The summed E-state index contributed by atoms with van der Waals surface area (Å²) in [4.78, 5) is 2.26. The Bertz CT molecular complexity index is 599. The third-order valence-corrected chi connectivity index (χ3v) is 4.32. The van der Waals surface area contributed by atoms with Crippen LogP contribution in [0, 0.1) is 0 Å². The van der Waals surface area contributed by atoms with E-state index in [1.807, 2.05) is 18.2 Å². The molecule has 0 aliphatic carbocycles. The van der Waals surface area contributed by atoms with E-state index < -0.39 is 0 Å². The van der Waals surface area contributed by atoms with Gasteiger partial charge in [0, 0.05) is 19.0 Å². The molecule has 1 heterocycles. The van der Waals surface area contributed by atoms with Gasteiger partial charge >= 0.3 is 0 Å². The van der Waals surface area contributed by atoms with Crippen molar-refractivity contribution in [3.63, 3.8) is 0 Å². The zero-order valence-corrected chi connectivity index (χ0v) is 12.2. The lowest BCUT2D eigenvalue weighted by Crippen LogP contribution is -2.24. The van der Waals surface area contributed by atoms with Crippen LogP contribution < -0.4 is 0 Å². The van der Waals surface area contributed by atoms with Gasteiger partial charge in [-0.15, -0.1) is 11.6 Å². The smallest absolute Gasteiger partial charge is 0.115 e. The second-order valence-corrected chi connectivity index (χ2v) is 5.99. The van der Waals surface area contributed by atoms with Crippen molar-refractivity contribution in [1.82, 2.24) is 4.90 Å². The van der Waals surface area contributed by atoms with Gasteiger partial charge < -0.3 is 10.0 Å². The standard InChI is InChI=1S/C17H18ClNO/c1-19-10-16(12-5-3-2-4-6-12)15-9-13(20)7-8-14(15)17(18)11-19/h2-9,16-17,20H,10-11H2,1H3. The summed E-state index contributed by atoms with van der Waals surface area (Å²) >= 11 is 6.53. The van der Waals surface area contributed by atoms with Crippen LogP contribution >= 0.6 is 11.6 Å². The van der Waals surface area contributed by atoms with Crippen molar-refractivity contribution in [2.45, 2.75) is 11.3 Å². The number of hydrogen-bond donors (Lipinski definition) is 1. The molecule has 2 atom stereocenters. The number of phenolic OH excluding ortho intramolecular Hbond substituents is 1. The Hall–Kier alpha value is -1.51. The van der Waals surface area contributed by atoms with E-state index in [0.717, 1.165) is 24.2 Å². The van der Waals surface area contributed by atoms with Crippen molar-refractivity contribution in [2.24, 2.45) is 0 Å². The lowest BCUT2D eigenvalue weighted by molar-refractivity contribution is 0.334. The molecule has 0 saturated heterocycles. The van der Waals surface area contributed by atoms with Gasteiger partial charge in [0.2, 0.25) is 0 Å². The normalized spacial score (nSPS) is 23.1. The Balaban J connectivity index is 2.13. The zero-order valence-electron chi connectivity index (χ0n) is 11.5. The number of halogens is 1. The molecule has 0 saturated carbocycles. The van der Waals surface area contributed by atoms with Crippen LogP contribution in [0.4, 0.5) is 0 Å². The molecular formula is C17H18ClNO. The summed E-state index contributed by atoms with van der Waals surface area (Å²) in [6, 6.07) is 16.0. The van der Waals surface area contributed by atoms with E-state index in [2.05, 4.69) is 36.2 Å². The van der Waals surface area contributed by atoms with Crippen LogP contribution in [0.1, 0.15) is 28.0 Å². The monoisotopic (exact) mass is 287 g/mol. The summed E-state index contributed by atoms with van der Waals surface area (Å²) in [5.41, 5.74) is 3.53. The van der Waals surface area contributed by atoms with Gasteiger partial charge in [0.15, 0.2) is 0 Å². The van der Waals surface area contributed by atoms with Gasteiger partial charge in [0.05, 0.1) is 5.38 Å². The number of phenols is 1. The molecule has 0 fully saturated rings. The molecule has 2 aromatic carbocycles. The van der Waals surface area contributed by atoms with Crippen LogP contribution in [0.2, 0.25) is 0 Å². The molecule has 2 nitrogen and oxygen atoms in total. The first kappa shape index (κ1) is 13.5. The van der Waals surface area contributed by atoms with E-state index >= 15 is 0 Å². The van der Waals surface area contributed by atoms with Gasteiger partial charge in [-0.2, -0.15) is 0 Å². The fourth-order valence-corrected chi connectivity index (χ4v) is 3.41. The largest absolute Gasteiger partial charge is 0.508 e. The summed E-state index contributed by atoms with van der Waals surface area (Å²) < 4.78 is 0. The number of aromatic hydroxyl groups is 1.